The van der Waals surface area contributed by atoms with Crippen LogP contribution in [0.4, 0.5) is 5.69 Å². The minimum atomic E-state index is 0.780. The molecular formula is C13H14N6. The van der Waals surface area contributed by atoms with Crippen molar-refractivity contribution < 1.29 is 0 Å². The second-order valence-electron chi connectivity index (χ2n) is 4.27. The summed E-state index contributed by atoms with van der Waals surface area (Å²) in [7, 11) is 2.04. The lowest BCUT2D eigenvalue weighted by Gasteiger charge is -2.08. The van der Waals surface area contributed by atoms with Gasteiger partial charge < -0.3 is 9.88 Å². The second-order valence-corrected chi connectivity index (χ2v) is 4.27. The van der Waals surface area contributed by atoms with E-state index in [-0.39, 0.29) is 0 Å². The number of nitrogens with zero attached hydrogens (tertiary/aromatic N) is 5. The Morgan fingerprint density at radius 2 is 2.16 bits per heavy atom. The van der Waals surface area contributed by atoms with Gasteiger partial charge in [0, 0.05) is 24.6 Å². The fraction of sp³-hybridized carbons (Fsp3) is 0.154. The normalized spacial score (nSPS) is 10.6. The largest absolute Gasteiger partial charge is 0.379 e. The SMILES string of the molecule is Cn1cccc1CNc1cccc(-n2cnnn2)c1. The van der Waals surface area contributed by atoms with Crippen molar-refractivity contribution in [3.05, 3.63) is 54.6 Å². The number of aryl methyl sites for hydroxylation is 1. The van der Waals surface area contributed by atoms with Gasteiger partial charge in [-0.25, -0.2) is 4.68 Å². The van der Waals surface area contributed by atoms with Gasteiger partial charge in [0.25, 0.3) is 0 Å². The van der Waals surface area contributed by atoms with Crippen molar-refractivity contribution in [1.82, 2.24) is 24.8 Å². The average Bonchev–Trinajstić information content (AvgIpc) is 3.08. The maximum absolute atomic E-state index is 3.88. The average molecular weight is 254 g/mol. The molecule has 0 unspecified atom stereocenters. The Labute approximate surface area is 110 Å². The lowest BCUT2D eigenvalue weighted by Crippen LogP contribution is -2.04. The summed E-state index contributed by atoms with van der Waals surface area (Å²) in [4.78, 5) is 0. The summed E-state index contributed by atoms with van der Waals surface area (Å²) >= 11 is 0. The Hall–Kier alpha value is -2.63. The highest BCUT2D eigenvalue weighted by molar-refractivity contribution is 5.50. The molecule has 0 saturated carbocycles. The van der Waals surface area contributed by atoms with Crippen molar-refractivity contribution in [3.63, 3.8) is 0 Å². The number of aromatic nitrogens is 5. The van der Waals surface area contributed by atoms with E-state index in [0.29, 0.717) is 0 Å². The van der Waals surface area contributed by atoms with Gasteiger partial charge in [0.1, 0.15) is 6.33 Å². The Balaban J connectivity index is 1.75. The van der Waals surface area contributed by atoms with Crippen molar-refractivity contribution >= 4 is 5.69 Å². The first-order valence-corrected chi connectivity index (χ1v) is 6.00. The third-order valence-corrected chi connectivity index (χ3v) is 2.98. The van der Waals surface area contributed by atoms with E-state index >= 15 is 0 Å². The summed E-state index contributed by atoms with van der Waals surface area (Å²) in [5.41, 5.74) is 3.20. The molecule has 3 aromatic rings. The van der Waals surface area contributed by atoms with Gasteiger partial charge in [-0.2, -0.15) is 0 Å². The van der Waals surface area contributed by atoms with E-state index in [1.165, 1.54) is 5.69 Å². The molecule has 0 aliphatic heterocycles. The summed E-state index contributed by atoms with van der Waals surface area (Å²) in [6, 6.07) is 12.1. The fourth-order valence-corrected chi connectivity index (χ4v) is 1.91. The third kappa shape index (κ3) is 2.47. The Morgan fingerprint density at radius 3 is 2.89 bits per heavy atom. The first kappa shape index (κ1) is 11.5. The van der Waals surface area contributed by atoms with E-state index in [1.807, 2.05) is 43.6 Å². The highest BCUT2D eigenvalue weighted by atomic mass is 15.5. The number of anilines is 1. The van der Waals surface area contributed by atoms with Gasteiger partial charge in [0.2, 0.25) is 0 Å². The third-order valence-electron chi connectivity index (χ3n) is 2.98. The van der Waals surface area contributed by atoms with Crippen LogP contribution in [0.15, 0.2) is 48.9 Å². The predicted molar refractivity (Wildman–Crippen MR) is 71.9 cm³/mol. The van der Waals surface area contributed by atoms with E-state index in [0.717, 1.165) is 17.9 Å². The Morgan fingerprint density at radius 1 is 1.21 bits per heavy atom. The number of hydrogen-bond donors (Lipinski definition) is 1. The van der Waals surface area contributed by atoms with E-state index in [4.69, 9.17) is 0 Å². The monoisotopic (exact) mass is 254 g/mol. The highest BCUT2D eigenvalue weighted by Gasteiger charge is 2.01. The zero-order chi connectivity index (χ0) is 13.1. The van der Waals surface area contributed by atoms with Gasteiger partial charge in [-0.3, -0.25) is 0 Å². The molecule has 0 fully saturated rings. The summed E-state index contributed by atoms with van der Waals surface area (Å²) in [6.45, 7) is 0.780. The molecule has 0 atom stereocenters. The molecule has 3 rings (SSSR count). The molecular weight excluding hydrogens is 240 g/mol. The topological polar surface area (TPSA) is 60.6 Å². The van der Waals surface area contributed by atoms with E-state index < -0.39 is 0 Å². The Bertz CT molecular complexity index is 655. The zero-order valence-electron chi connectivity index (χ0n) is 10.6. The zero-order valence-corrected chi connectivity index (χ0v) is 10.6. The molecule has 0 amide bonds. The van der Waals surface area contributed by atoms with E-state index in [9.17, 15) is 0 Å². The number of tetrazole rings is 1. The predicted octanol–water partition coefficient (Wildman–Crippen LogP) is 1.61. The van der Waals surface area contributed by atoms with Gasteiger partial charge >= 0.3 is 0 Å². The molecule has 19 heavy (non-hydrogen) atoms. The molecule has 0 spiro atoms. The van der Waals surface area contributed by atoms with Crippen LogP contribution in [0.25, 0.3) is 5.69 Å². The molecule has 6 heteroatoms. The van der Waals surface area contributed by atoms with Gasteiger partial charge in [0.05, 0.1) is 12.2 Å². The molecule has 2 aromatic heterocycles. The van der Waals surface area contributed by atoms with Crippen LogP contribution in [0.1, 0.15) is 5.69 Å². The summed E-state index contributed by atoms with van der Waals surface area (Å²) in [6.07, 6.45) is 3.62. The maximum atomic E-state index is 3.88. The molecule has 0 aliphatic rings. The standard InChI is InChI=1S/C13H14N6/c1-18-7-3-6-13(18)9-14-11-4-2-5-12(8-11)19-10-15-16-17-19/h2-8,10,14H,9H2,1H3. The number of nitrogens with one attached hydrogen (secondary N) is 1. The summed E-state index contributed by atoms with van der Waals surface area (Å²) < 4.78 is 3.73. The molecule has 6 nitrogen and oxygen atoms in total. The number of hydrogen-bond acceptors (Lipinski definition) is 4. The minimum Gasteiger partial charge on any atom is -0.379 e. The molecule has 0 aliphatic carbocycles. The van der Waals surface area contributed by atoms with Crippen LogP contribution in [-0.2, 0) is 13.6 Å². The van der Waals surface area contributed by atoms with Crippen molar-refractivity contribution in [3.8, 4) is 5.69 Å². The van der Waals surface area contributed by atoms with Gasteiger partial charge in [-0.1, -0.05) is 6.07 Å². The molecule has 0 bridgehead atoms. The molecule has 2 heterocycles. The van der Waals surface area contributed by atoms with Crippen LogP contribution in [0.2, 0.25) is 0 Å². The van der Waals surface area contributed by atoms with Gasteiger partial charge in [-0.05, 0) is 40.8 Å². The number of benzene rings is 1. The van der Waals surface area contributed by atoms with Crippen LogP contribution in [-0.4, -0.2) is 24.8 Å². The van der Waals surface area contributed by atoms with Crippen molar-refractivity contribution in [1.29, 1.82) is 0 Å². The molecule has 1 aromatic carbocycles. The quantitative estimate of drug-likeness (QED) is 0.768. The fourth-order valence-electron chi connectivity index (χ4n) is 1.91. The maximum Gasteiger partial charge on any atom is 0.143 e. The summed E-state index contributed by atoms with van der Waals surface area (Å²) in [5.74, 6) is 0. The highest BCUT2D eigenvalue weighted by Crippen LogP contribution is 2.14. The summed E-state index contributed by atoms with van der Waals surface area (Å²) in [5, 5.41) is 14.5. The van der Waals surface area contributed by atoms with E-state index in [1.54, 1.807) is 11.0 Å². The molecule has 0 radical (unpaired) electrons. The number of rotatable bonds is 4. The second kappa shape index (κ2) is 4.93. The van der Waals surface area contributed by atoms with Crippen molar-refractivity contribution in [2.24, 2.45) is 7.05 Å². The lowest BCUT2D eigenvalue weighted by atomic mass is 10.2. The van der Waals surface area contributed by atoms with Crippen molar-refractivity contribution in [2.75, 3.05) is 5.32 Å². The first-order chi connectivity index (χ1) is 9.33. The van der Waals surface area contributed by atoms with Gasteiger partial charge in [-0.15, -0.1) is 5.10 Å². The van der Waals surface area contributed by atoms with Gasteiger partial charge in [0.15, 0.2) is 0 Å². The minimum absolute atomic E-state index is 0.780. The van der Waals surface area contributed by atoms with E-state index in [2.05, 4.69) is 31.5 Å². The Kier molecular flexibility index (Phi) is 2.97. The van der Waals surface area contributed by atoms with Crippen LogP contribution in [0, 0.1) is 0 Å². The molecule has 96 valence electrons. The molecule has 1 N–H and O–H groups in total. The van der Waals surface area contributed by atoms with Crippen LogP contribution < -0.4 is 5.32 Å². The lowest BCUT2D eigenvalue weighted by molar-refractivity contribution is 0.789. The van der Waals surface area contributed by atoms with Crippen LogP contribution in [0.5, 0.6) is 0 Å². The molecule has 0 saturated heterocycles. The smallest absolute Gasteiger partial charge is 0.143 e. The first-order valence-electron chi connectivity index (χ1n) is 6.00. The van der Waals surface area contributed by atoms with Crippen molar-refractivity contribution in [2.45, 2.75) is 6.54 Å². The van der Waals surface area contributed by atoms with Crippen LogP contribution >= 0.6 is 0 Å². The van der Waals surface area contributed by atoms with Crippen LogP contribution in [0.3, 0.4) is 0 Å².